The van der Waals surface area contributed by atoms with E-state index in [1.807, 2.05) is 83.8 Å². The first-order chi connectivity index (χ1) is 16.7. The van der Waals surface area contributed by atoms with Crippen LogP contribution >= 0.6 is 11.8 Å². The van der Waals surface area contributed by atoms with Crippen LogP contribution in [0.1, 0.15) is 16.4 Å². The molecule has 1 aliphatic rings. The van der Waals surface area contributed by atoms with Crippen molar-refractivity contribution >= 4 is 28.6 Å². The van der Waals surface area contributed by atoms with Gasteiger partial charge in [0.15, 0.2) is 5.16 Å². The summed E-state index contributed by atoms with van der Waals surface area (Å²) in [5, 5.41) is 0.580. The number of benzene rings is 3. The number of thioether (sulfide) groups is 1. The van der Waals surface area contributed by atoms with Crippen molar-refractivity contribution in [3.05, 3.63) is 106 Å². The van der Waals surface area contributed by atoms with E-state index in [2.05, 4.69) is 0 Å². The van der Waals surface area contributed by atoms with Crippen LogP contribution in [-0.4, -0.2) is 46.7 Å². The fourth-order valence-corrected chi connectivity index (χ4v) is 5.27. The molecule has 34 heavy (non-hydrogen) atoms. The number of hydrogen-bond acceptors (Lipinski definition) is 5. The topological polar surface area (TPSA) is 64.4 Å². The second kappa shape index (κ2) is 10.2. The Morgan fingerprint density at radius 1 is 0.912 bits per heavy atom. The number of fused-ring (bicyclic) bond motifs is 1. The lowest BCUT2D eigenvalue weighted by atomic mass is 10.1. The molecule has 0 saturated carbocycles. The standard InChI is InChI=1S/C27H25N3O3S/c31-25-22-13-7-8-14-23(22)28-27(30(25)19-20-9-3-1-4-10-20)34-24(21-11-5-2-6-12-21)26(32)29-15-17-33-18-16-29/h1-14,24H,15-19H2/t24-/m0/s1. The molecule has 0 N–H and O–H groups in total. The highest BCUT2D eigenvalue weighted by Gasteiger charge is 2.30. The van der Waals surface area contributed by atoms with Crippen LogP contribution in [0.3, 0.4) is 0 Å². The van der Waals surface area contributed by atoms with Gasteiger partial charge in [-0.15, -0.1) is 0 Å². The minimum Gasteiger partial charge on any atom is -0.378 e. The van der Waals surface area contributed by atoms with Crippen LogP contribution in [-0.2, 0) is 16.1 Å². The van der Waals surface area contributed by atoms with Crippen LogP contribution in [0.25, 0.3) is 10.9 Å². The Labute approximate surface area is 202 Å². The summed E-state index contributed by atoms with van der Waals surface area (Å²) in [5.74, 6) is 0.00756. The minimum absolute atomic E-state index is 0.00756. The van der Waals surface area contributed by atoms with E-state index < -0.39 is 5.25 Å². The van der Waals surface area contributed by atoms with E-state index in [1.54, 1.807) is 10.6 Å². The predicted molar refractivity (Wildman–Crippen MR) is 134 cm³/mol. The Morgan fingerprint density at radius 3 is 2.29 bits per heavy atom. The third-order valence-electron chi connectivity index (χ3n) is 5.88. The Bertz CT molecular complexity index is 1340. The average molecular weight is 472 g/mol. The fourth-order valence-electron chi connectivity index (χ4n) is 4.09. The summed E-state index contributed by atoms with van der Waals surface area (Å²) in [5.41, 5.74) is 2.41. The van der Waals surface area contributed by atoms with Gasteiger partial charge in [-0.2, -0.15) is 0 Å². The van der Waals surface area contributed by atoms with Crippen molar-refractivity contribution in [2.24, 2.45) is 0 Å². The first kappa shape index (κ1) is 22.4. The van der Waals surface area contributed by atoms with Gasteiger partial charge in [0, 0.05) is 13.1 Å². The summed E-state index contributed by atoms with van der Waals surface area (Å²) in [7, 11) is 0. The third kappa shape index (κ3) is 4.76. The summed E-state index contributed by atoms with van der Waals surface area (Å²) < 4.78 is 7.13. The van der Waals surface area contributed by atoms with E-state index in [0.29, 0.717) is 48.9 Å². The molecule has 7 heteroatoms. The number of aromatic nitrogens is 2. The Balaban J connectivity index is 1.59. The smallest absolute Gasteiger partial charge is 0.262 e. The van der Waals surface area contributed by atoms with E-state index in [9.17, 15) is 9.59 Å². The molecule has 1 aromatic heterocycles. The first-order valence-electron chi connectivity index (χ1n) is 11.3. The highest BCUT2D eigenvalue weighted by Crippen LogP contribution is 2.36. The zero-order valence-electron chi connectivity index (χ0n) is 18.7. The maximum atomic E-state index is 13.7. The number of nitrogens with zero attached hydrogens (tertiary/aromatic N) is 3. The number of rotatable bonds is 6. The number of ether oxygens (including phenoxy) is 1. The highest BCUT2D eigenvalue weighted by atomic mass is 32.2. The number of carbonyl (C=O) groups excluding carboxylic acids is 1. The number of morpholine rings is 1. The summed E-state index contributed by atoms with van der Waals surface area (Å²) in [6.45, 7) is 2.57. The summed E-state index contributed by atoms with van der Waals surface area (Å²) >= 11 is 1.34. The van der Waals surface area contributed by atoms with E-state index in [0.717, 1.165) is 11.1 Å². The van der Waals surface area contributed by atoms with Crippen molar-refractivity contribution < 1.29 is 9.53 Å². The lowest BCUT2D eigenvalue weighted by Crippen LogP contribution is -2.42. The van der Waals surface area contributed by atoms with Gasteiger partial charge >= 0.3 is 0 Å². The summed E-state index contributed by atoms with van der Waals surface area (Å²) in [6, 6.07) is 26.9. The van der Waals surface area contributed by atoms with Gasteiger partial charge in [0.25, 0.3) is 5.56 Å². The van der Waals surface area contributed by atoms with Crippen LogP contribution in [0.15, 0.2) is 94.9 Å². The highest BCUT2D eigenvalue weighted by molar-refractivity contribution is 8.00. The van der Waals surface area contributed by atoms with Crippen LogP contribution in [0.2, 0.25) is 0 Å². The lowest BCUT2D eigenvalue weighted by Gasteiger charge is -2.30. The number of hydrogen-bond donors (Lipinski definition) is 0. The second-order valence-electron chi connectivity index (χ2n) is 8.13. The molecule has 2 heterocycles. The number of carbonyl (C=O) groups is 1. The Morgan fingerprint density at radius 2 is 1.56 bits per heavy atom. The molecule has 3 aromatic carbocycles. The van der Waals surface area contributed by atoms with Gasteiger partial charge < -0.3 is 9.64 Å². The molecule has 0 bridgehead atoms. The zero-order valence-corrected chi connectivity index (χ0v) is 19.5. The van der Waals surface area contributed by atoms with Gasteiger partial charge in [-0.1, -0.05) is 84.6 Å². The number of amides is 1. The minimum atomic E-state index is -0.519. The second-order valence-corrected chi connectivity index (χ2v) is 9.21. The monoisotopic (exact) mass is 471 g/mol. The van der Waals surface area contributed by atoms with Crippen LogP contribution in [0, 0.1) is 0 Å². The van der Waals surface area contributed by atoms with Crippen LogP contribution in [0.4, 0.5) is 0 Å². The maximum Gasteiger partial charge on any atom is 0.262 e. The normalized spacial score (nSPS) is 14.8. The molecule has 0 aliphatic carbocycles. The molecule has 1 aliphatic heterocycles. The maximum absolute atomic E-state index is 13.7. The van der Waals surface area contributed by atoms with Crippen molar-refractivity contribution in [2.45, 2.75) is 17.0 Å². The lowest BCUT2D eigenvalue weighted by molar-refractivity contribution is -0.134. The van der Waals surface area contributed by atoms with Gasteiger partial charge in [0.1, 0.15) is 5.25 Å². The number of para-hydroxylation sites is 1. The van der Waals surface area contributed by atoms with Crippen molar-refractivity contribution in [1.82, 2.24) is 14.5 Å². The van der Waals surface area contributed by atoms with Crippen molar-refractivity contribution in [1.29, 1.82) is 0 Å². The summed E-state index contributed by atoms with van der Waals surface area (Å²) in [4.78, 5) is 33.9. The largest absolute Gasteiger partial charge is 0.378 e. The molecule has 1 fully saturated rings. The van der Waals surface area contributed by atoms with E-state index >= 15 is 0 Å². The van der Waals surface area contributed by atoms with Gasteiger partial charge in [0.2, 0.25) is 5.91 Å². The molecule has 0 radical (unpaired) electrons. The van der Waals surface area contributed by atoms with E-state index in [1.165, 1.54) is 11.8 Å². The summed E-state index contributed by atoms with van der Waals surface area (Å²) in [6.07, 6.45) is 0. The van der Waals surface area contributed by atoms with Crippen LogP contribution < -0.4 is 5.56 Å². The molecule has 1 saturated heterocycles. The molecule has 172 valence electrons. The average Bonchev–Trinajstić information content (AvgIpc) is 2.90. The SMILES string of the molecule is O=C([C@@H](Sc1nc2ccccc2c(=O)n1Cc1ccccc1)c1ccccc1)N1CCOCC1. The quantitative estimate of drug-likeness (QED) is 0.312. The molecule has 1 atom stereocenters. The van der Waals surface area contributed by atoms with Gasteiger partial charge in [0.05, 0.1) is 30.7 Å². The van der Waals surface area contributed by atoms with Gasteiger partial charge in [-0.25, -0.2) is 4.98 Å². The molecule has 0 unspecified atom stereocenters. The molecular formula is C27H25N3O3S. The fraction of sp³-hybridized carbons (Fsp3) is 0.222. The van der Waals surface area contributed by atoms with E-state index in [4.69, 9.17) is 9.72 Å². The Hall–Kier alpha value is -3.42. The predicted octanol–water partition coefficient (Wildman–Crippen LogP) is 4.14. The molecular weight excluding hydrogens is 446 g/mol. The van der Waals surface area contributed by atoms with Gasteiger partial charge in [-0.05, 0) is 23.3 Å². The zero-order chi connectivity index (χ0) is 23.3. The molecule has 1 amide bonds. The van der Waals surface area contributed by atoms with Crippen molar-refractivity contribution in [3.8, 4) is 0 Å². The molecule has 0 spiro atoms. The third-order valence-corrected chi connectivity index (χ3v) is 7.11. The molecule has 5 rings (SSSR count). The first-order valence-corrected chi connectivity index (χ1v) is 12.2. The van der Waals surface area contributed by atoms with Crippen molar-refractivity contribution in [2.75, 3.05) is 26.3 Å². The van der Waals surface area contributed by atoms with Crippen LogP contribution in [0.5, 0.6) is 0 Å². The molecule has 4 aromatic rings. The molecule has 6 nitrogen and oxygen atoms in total. The Kier molecular flexibility index (Phi) is 6.74. The van der Waals surface area contributed by atoms with E-state index in [-0.39, 0.29) is 11.5 Å². The van der Waals surface area contributed by atoms with Crippen molar-refractivity contribution in [3.63, 3.8) is 0 Å². The van der Waals surface area contributed by atoms with Gasteiger partial charge in [-0.3, -0.25) is 14.2 Å².